The largest absolute Gasteiger partial charge is 0.387 e. The van der Waals surface area contributed by atoms with Crippen LogP contribution in [0.4, 0.5) is 5.69 Å². The lowest BCUT2D eigenvalue weighted by atomic mass is 10.0. The zero-order valence-electron chi connectivity index (χ0n) is 22.7. The van der Waals surface area contributed by atoms with Crippen LogP contribution >= 0.6 is 0 Å². The predicted octanol–water partition coefficient (Wildman–Crippen LogP) is 1.70. The minimum Gasteiger partial charge on any atom is -0.387 e. The van der Waals surface area contributed by atoms with E-state index in [1.54, 1.807) is 24.4 Å². The number of rotatable bonds is 11. The molecule has 0 radical (unpaired) electrons. The van der Waals surface area contributed by atoms with Crippen LogP contribution in [0.3, 0.4) is 0 Å². The summed E-state index contributed by atoms with van der Waals surface area (Å²) in [6.45, 7) is 2.14. The SMILES string of the molecule is N=C/C(=C\NC1CC1CNCCNc1ccc2c(c1)C(=O)N(C1CCC(=O)NC1=O)C2=O)c1cnc2ccccc2n1. The number of nitrogens with zero attached hydrogens (tertiary/aromatic N) is 3. The molecule has 1 aliphatic carbocycles. The van der Waals surface area contributed by atoms with Crippen LogP contribution in [0.5, 0.6) is 0 Å². The Kier molecular flexibility index (Phi) is 7.44. The Hall–Kier alpha value is -4.97. The number of imide groups is 2. The van der Waals surface area contributed by atoms with E-state index < -0.39 is 29.7 Å². The van der Waals surface area contributed by atoms with Gasteiger partial charge in [0.25, 0.3) is 11.8 Å². The van der Waals surface area contributed by atoms with Gasteiger partial charge in [-0.15, -0.1) is 0 Å². The van der Waals surface area contributed by atoms with Crippen molar-refractivity contribution in [3.63, 3.8) is 0 Å². The van der Waals surface area contributed by atoms with Crippen LogP contribution in [-0.4, -0.2) is 76.4 Å². The van der Waals surface area contributed by atoms with E-state index in [9.17, 15) is 19.2 Å². The fourth-order valence-electron chi connectivity index (χ4n) is 5.32. The molecule has 42 heavy (non-hydrogen) atoms. The monoisotopic (exact) mass is 566 g/mol. The first-order valence-corrected chi connectivity index (χ1v) is 13.9. The van der Waals surface area contributed by atoms with Crippen LogP contribution in [0.2, 0.25) is 0 Å². The normalized spacial score (nSPS) is 21.8. The molecule has 12 heteroatoms. The number of amides is 4. The number of carbonyl (C=O) groups excluding carboxylic acids is 4. The van der Waals surface area contributed by atoms with Crippen molar-refractivity contribution in [2.75, 3.05) is 25.0 Å². The third-order valence-corrected chi connectivity index (χ3v) is 7.75. The maximum absolute atomic E-state index is 13.0. The maximum atomic E-state index is 13.0. The topological polar surface area (TPSA) is 169 Å². The Balaban J connectivity index is 0.949. The lowest BCUT2D eigenvalue weighted by Gasteiger charge is -2.27. The summed E-state index contributed by atoms with van der Waals surface area (Å²) >= 11 is 0. The van der Waals surface area contributed by atoms with Crippen molar-refractivity contribution in [2.45, 2.75) is 31.3 Å². The maximum Gasteiger partial charge on any atom is 0.262 e. The number of carbonyl (C=O) groups is 4. The summed E-state index contributed by atoms with van der Waals surface area (Å²) in [7, 11) is 0. The van der Waals surface area contributed by atoms with Crippen molar-refractivity contribution < 1.29 is 19.2 Å². The summed E-state index contributed by atoms with van der Waals surface area (Å²) in [5, 5.41) is 20.1. The molecule has 2 fully saturated rings. The van der Waals surface area contributed by atoms with Gasteiger partial charge in [0.1, 0.15) is 6.04 Å². The van der Waals surface area contributed by atoms with Crippen LogP contribution in [0, 0.1) is 11.3 Å². The zero-order valence-corrected chi connectivity index (χ0v) is 22.7. The average Bonchev–Trinajstić information content (AvgIpc) is 3.70. The molecule has 214 valence electrons. The van der Waals surface area contributed by atoms with Crippen LogP contribution in [0.25, 0.3) is 16.6 Å². The van der Waals surface area contributed by atoms with E-state index in [4.69, 9.17) is 5.41 Å². The fraction of sp³-hybridized carbons (Fsp3) is 0.300. The number of anilines is 1. The number of piperidine rings is 1. The van der Waals surface area contributed by atoms with Gasteiger partial charge in [-0.25, -0.2) is 4.98 Å². The van der Waals surface area contributed by atoms with Crippen LogP contribution < -0.4 is 21.3 Å². The van der Waals surface area contributed by atoms with Gasteiger partial charge < -0.3 is 21.4 Å². The van der Waals surface area contributed by atoms with Crippen LogP contribution in [-0.2, 0) is 9.59 Å². The van der Waals surface area contributed by atoms with Gasteiger partial charge in [-0.3, -0.25) is 34.4 Å². The van der Waals surface area contributed by atoms with Crippen LogP contribution in [0.1, 0.15) is 45.7 Å². The van der Waals surface area contributed by atoms with Gasteiger partial charge in [0.2, 0.25) is 11.8 Å². The molecule has 3 unspecified atom stereocenters. The summed E-state index contributed by atoms with van der Waals surface area (Å²) in [5.41, 5.74) is 4.14. The molecule has 2 aromatic carbocycles. The summed E-state index contributed by atoms with van der Waals surface area (Å²) < 4.78 is 0. The minimum atomic E-state index is -0.976. The van der Waals surface area contributed by atoms with Gasteiger partial charge in [-0.1, -0.05) is 12.1 Å². The minimum absolute atomic E-state index is 0.0866. The van der Waals surface area contributed by atoms with Crippen molar-refractivity contribution in [2.24, 2.45) is 5.92 Å². The molecule has 2 aliphatic heterocycles. The van der Waals surface area contributed by atoms with Crippen molar-refractivity contribution in [1.29, 1.82) is 5.41 Å². The van der Waals surface area contributed by atoms with Gasteiger partial charge in [-0.05, 0) is 49.1 Å². The number of hydrogen-bond donors (Lipinski definition) is 5. The predicted molar refractivity (Wildman–Crippen MR) is 156 cm³/mol. The third kappa shape index (κ3) is 5.48. The van der Waals surface area contributed by atoms with Crippen molar-refractivity contribution in [3.05, 3.63) is 71.7 Å². The van der Waals surface area contributed by atoms with E-state index in [0.717, 1.165) is 28.9 Å². The van der Waals surface area contributed by atoms with Gasteiger partial charge in [0, 0.05) is 55.8 Å². The highest BCUT2D eigenvalue weighted by atomic mass is 16.2. The molecule has 4 amide bonds. The lowest BCUT2D eigenvalue weighted by Crippen LogP contribution is -2.54. The zero-order chi connectivity index (χ0) is 29.2. The number of fused-ring (bicyclic) bond motifs is 2. The standard InChI is InChI=1S/C30H30N8O4/c31-13-18(25-16-35-22-3-1-2-4-23(22)36-25)15-34-24-11-17(24)14-32-9-10-33-19-5-6-20-21(12-19)30(42)38(29(20)41)26-7-8-27(39)37-28(26)40/h1-6,12-13,15-17,24,26,31-34H,7-11,14H2,(H,37,39,40)/b18-15+,31-13?. The van der Waals surface area contributed by atoms with E-state index in [-0.39, 0.29) is 24.0 Å². The molecule has 1 saturated heterocycles. The molecule has 3 atom stereocenters. The third-order valence-electron chi connectivity index (χ3n) is 7.75. The molecular weight excluding hydrogens is 536 g/mol. The Morgan fingerprint density at radius 3 is 2.67 bits per heavy atom. The number of benzene rings is 2. The molecule has 5 N–H and O–H groups in total. The first-order chi connectivity index (χ1) is 20.4. The molecule has 0 spiro atoms. The summed E-state index contributed by atoms with van der Waals surface area (Å²) in [6, 6.07) is 12.0. The van der Waals surface area contributed by atoms with E-state index in [2.05, 4.69) is 31.2 Å². The van der Waals surface area contributed by atoms with Gasteiger partial charge in [-0.2, -0.15) is 0 Å². The van der Waals surface area contributed by atoms with Crippen molar-refractivity contribution >= 4 is 52.1 Å². The summed E-state index contributed by atoms with van der Waals surface area (Å²) in [4.78, 5) is 59.5. The highest BCUT2D eigenvalue weighted by Gasteiger charge is 2.44. The highest BCUT2D eigenvalue weighted by Crippen LogP contribution is 2.31. The smallest absolute Gasteiger partial charge is 0.262 e. The molecule has 0 bridgehead atoms. The second-order valence-electron chi connectivity index (χ2n) is 10.6. The van der Waals surface area contributed by atoms with E-state index in [0.29, 0.717) is 42.0 Å². The van der Waals surface area contributed by atoms with Gasteiger partial charge in [0.15, 0.2) is 0 Å². The second kappa shape index (κ2) is 11.5. The number of para-hydroxylation sites is 2. The molecular formula is C30H30N8O4. The Bertz CT molecular complexity index is 1640. The lowest BCUT2D eigenvalue weighted by molar-refractivity contribution is -0.136. The van der Waals surface area contributed by atoms with E-state index in [1.165, 1.54) is 6.21 Å². The highest BCUT2D eigenvalue weighted by molar-refractivity contribution is 6.23. The second-order valence-corrected chi connectivity index (χ2v) is 10.6. The number of aromatic nitrogens is 2. The number of allylic oxidation sites excluding steroid dienone is 1. The Morgan fingerprint density at radius 2 is 1.86 bits per heavy atom. The van der Waals surface area contributed by atoms with Crippen molar-refractivity contribution in [3.8, 4) is 0 Å². The number of nitrogens with one attached hydrogen (secondary N) is 5. The molecule has 12 nitrogen and oxygen atoms in total. The molecule has 6 rings (SSSR count). The molecule has 3 aromatic rings. The van der Waals surface area contributed by atoms with Gasteiger partial charge in [0.05, 0.1) is 34.1 Å². The van der Waals surface area contributed by atoms with E-state index >= 15 is 0 Å². The van der Waals surface area contributed by atoms with E-state index in [1.807, 2.05) is 30.5 Å². The number of hydrogen-bond acceptors (Lipinski definition) is 10. The first kappa shape index (κ1) is 27.2. The molecule has 1 saturated carbocycles. The quantitative estimate of drug-likeness (QED) is 0.132. The van der Waals surface area contributed by atoms with Gasteiger partial charge >= 0.3 is 0 Å². The first-order valence-electron chi connectivity index (χ1n) is 13.9. The van der Waals surface area contributed by atoms with Crippen molar-refractivity contribution in [1.82, 2.24) is 30.8 Å². The van der Waals surface area contributed by atoms with Crippen LogP contribution in [0.15, 0.2) is 54.9 Å². The fourth-order valence-corrected chi connectivity index (χ4v) is 5.32. The Labute approximate surface area is 241 Å². The molecule has 3 aliphatic rings. The molecule has 1 aromatic heterocycles. The molecule has 3 heterocycles. The summed E-state index contributed by atoms with van der Waals surface area (Å²) in [6.07, 6.45) is 6.03. The average molecular weight is 567 g/mol. The summed E-state index contributed by atoms with van der Waals surface area (Å²) in [5.74, 6) is -1.59. The Morgan fingerprint density at radius 1 is 1.05 bits per heavy atom.